The Morgan fingerprint density at radius 2 is 2.13 bits per heavy atom. The Labute approximate surface area is 177 Å². The number of aromatic nitrogens is 5. The van der Waals surface area contributed by atoms with Crippen LogP contribution >= 0.6 is 0 Å². The van der Waals surface area contributed by atoms with Crippen molar-refractivity contribution in [3.05, 3.63) is 77.3 Å². The highest BCUT2D eigenvalue weighted by Gasteiger charge is 2.29. The number of benzene rings is 1. The van der Waals surface area contributed by atoms with Crippen molar-refractivity contribution in [1.29, 1.82) is 0 Å². The molecule has 3 aromatic heterocycles. The van der Waals surface area contributed by atoms with Crippen LogP contribution < -0.4 is 5.32 Å². The van der Waals surface area contributed by atoms with Crippen LogP contribution in [0.5, 0.6) is 0 Å². The molecule has 3 heterocycles. The lowest BCUT2D eigenvalue weighted by atomic mass is 10.2. The normalized spacial score (nSPS) is 13.4. The van der Waals surface area contributed by atoms with Gasteiger partial charge in [0.1, 0.15) is 5.82 Å². The molecule has 0 radical (unpaired) electrons. The molecule has 5 rings (SSSR count). The highest BCUT2D eigenvalue weighted by atomic mass is 19.1. The smallest absolute Gasteiger partial charge is 0.258 e. The van der Waals surface area contributed by atoms with Gasteiger partial charge in [-0.25, -0.2) is 14.1 Å². The first kappa shape index (κ1) is 19.1. The van der Waals surface area contributed by atoms with Gasteiger partial charge in [0.25, 0.3) is 11.8 Å². The number of hydrogen-bond acceptors (Lipinski definition) is 6. The molecule has 31 heavy (non-hydrogen) atoms. The van der Waals surface area contributed by atoms with Gasteiger partial charge in [-0.15, -0.1) is 0 Å². The molecule has 0 bridgehead atoms. The van der Waals surface area contributed by atoms with Crippen molar-refractivity contribution in [2.45, 2.75) is 32.2 Å². The summed E-state index contributed by atoms with van der Waals surface area (Å²) >= 11 is 0. The maximum Gasteiger partial charge on any atom is 0.258 e. The summed E-state index contributed by atoms with van der Waals surface area (Å²) in [5.74, 6) is 1.39. The molecule has 4 aromatic rings. The van der Waals surface area contributed by atoms with Crippen LogP contribution in [0, 0.1) is 12.7 Å². The first-order valence-electron chi connectivity index (χ1n) is 9.97. The first-order valence-corrected chi connectivity index (χ1v) is 9.97. The molecule has 0 atom stereocenters. The van der Waals surface area contributed by atoms with Crippen molar-refractivity contribution in [1.82, 2.24) is 30.2 Å². The van der Waals surface area contributed by atoms with Crippen molar-refractivity contribution in [2.24, 2.45) is 0 Å². The molecule has 9 heteroatoms. The molecule has 0 aliphatic heterocycles. The van der Waals surface area contributed by atoms with Crippen LogP contribution in [0.4, 0.5) is 4.39 Å². The molecule has 1 amide bonds. The molecule has 1 aliphatic rings. The molecule has 0 spiro atoms. The van der Waals surface area contributed by atoms with Gasteiger partial charge in [-0.1, -0.05) is 23.4 Å². The molecule has 0 unspecified atom stereocenters. The third-order valence-electron chi connectivity index (χ3n) is 5.25. The van der Waals surface area contributed by atoms with E-state index in [1.165, 1.54) is 12.3 Å². The fraction of sp³-hybridized carbons (Fsp3) is 0.227. The number of carbonyl (C=O) groups excluding carboxylic acids is 1. The molecule has 0 saturated heterocycles. The van der Waals surface area contributed by atoms with E-state index >= 15 is 0 Å². The summed E-state index contributed by atoms with van der Waals surface area (Å²) in [4.78, 5) is 21.4. The van der Waals surface area contributed by atoms with E-state index in [1.54, 1.807) is 48.1 Å². The van der Waals surface area contributed by atoms with Gasteiger partial charge in [-0.3, -0.25) is 4.79 Å². The maximum atomic E-state index is 13.8. The largest absolute Gasteiger partial charge is 0.348 e. The van der Waals surface area contributed by atoms with Gasteiger partial charge in [0.2, 0.25) is 0 Å². The molecular formula is C22H19FN6O2. The Kier molecular flexibility index (Phi) is 4.78. The van der Waals surface area contributed by atoms with Crippen LogP contribution in [0.2, 0.25) is 0 Å². The van der Waals surface area contributed by atoms with Crippen LogP contribution in [0.15, 0.2) is 53.3 Å². The SMILES string of the molecule is Cc1c(C(=O)NCc2ccccc2F)cnn1-c1cc(-c2nc(C3CC3)no2)ccn1. The lowest BCUT2D eigenvalue weighted by Gasteiger charge is -2.07. The van der Waals surface area contributed by atoms with E-state index in [0.29, 0.717) is 34.4 Å². The molecule has 156 valence electrons. The predicted octanol–water partition coefficient (Wildman–Crippen LogP) is 3.57. The lowest BCUT2D eigenvalue weighted by Crippen LogP contribution is -2.23. The summed E-state index contributed by atoms with van der Waals surface area (Å²) in [5.41, 5.74) is 2.14. The van der Waals surface area contributed by atoms with Gasteiger partial charge in [0.15, 0.2) is 11.6 Å². The molecule has 8 nitrogen and oxygen atoms in total. The third kappa shape index (κ3) is 3.81. The standard InChI is InChI=1S/C22H19FN6O2/c1-13-17(21(30)25-11-16-4-2-3-5-18(16)23)12-26-29(13)19-10-15(8-9-24-19)22-27-20(28-31-22)14-6-7-14/h2-5,8-10,12,14H,6-7,11H2,1H3,(H,25,30). The summed E-state index contributed by atoms with van der Waals surface area (Å²) < 4.78 is 20.7. The molecule has 1 aliphatic carbocycles. The minimum Gasteiger partial charge on any atom is -0.348 e. The second-order valence-corrected chi connectivity index (χ2v) is 7.46. The number of carbonyl (C=O) groups is 1. The van der Waals surface area contributed by atoms with Crippen molar-refractivity contribution in [2.75, 3.05) is 0 Å². The Balaban J connectivity index is 1.35. The van der Waals surface area contributed by atoms with E-state index in [1.807, 2.05) is 0 Å². The van der Waals surface area contributed by atoms with E-state index in [2.05, 4.69) is 25.5 Å². The summed E-state index contributed by atoms with van der Waals surface area (Å²) in [5, 5.41) is 11.1. The molecule has 1 aromatic carbocycles. The van der Waals surface area contributed by atoms with Gasteiger partial charge in [-0.2, -0.15) is 10.1 Å². The second kappa shape index (κ2) is 7.75. The van der Waals surface area contributed by atoms with Crippen LogP contribution in [-0.2, 0) is 6.54 Å². The van der Waals surface area contributed by atoms with Gasteiger partial charge in [0.05, 0.1) is 17.5 Å². The van der Waals surface area contributed by atoms with E-state index in [-0.39, 0.29) is 18.3 Å². The Bertz CT molecular complexity index is 1260. The third-order valence-corrected chi connectivity index (χ3v) is 5.25. The molecule has 1 fully saturated rings. The van der Waals surface area contributed by atoms with E-state index in [4.69, 9.17) is 4.52 Å². The minimum atomic E-state index is -0.359. The van der Waals surface area contributed by atoms with E-state index in [0.717, 1.165) is 24.2 Å². The molecule has 1 N–H and O–H groups in total. The zero-order valence-corrected chi connectivity index (χ0v) is 16.7. The zero-order chi connectivity index (χ0) is 21.4. The number of nitrogens with one attached hydrogen (secondary N) is 1. The fourth-order valence-corrected chi connectivity index (χ4v) is 3.30. The van der Waals surface area contributed by atoms with E-state index < -0.39 is 0 Å². The number of rotatable bonds is 6. The Morgan fingerprint density at radius 3 is 2.94 bits per heavy atom. The highest BCUT2D eigenvalue weighted by Crippen LogP contribution is 2.38. The average molecular weight is 418 g/mol. The van der Waals surface area contributed by atoms with E-state index in [9.17, 15) is 9.18 Å². The maximum absolute atomic E-state index is 13.8. The predicted molar refractivity (Wildman–Crippen MR) is 109 cm³/mol. The average Bonchev–Trinajstić information content (AvgIpc) is 3.38. The zero-order valence-electron chi connectivity index (χ0n) is 16.7. The first-order chi connectivity index (χ1) is 15.1. The van der Waals surface area contributed by atoms with Crippen molar-refractivity contribution < 1.29 is 13.7 Å². The van der Waals surface area contributed by atoms with Gasteiger partial charge >= 0.3 is 0 Å². The molecule has 1 saturated carbocycles. The van der Waals surface area contributed by atoms with Gasteiger partial charge in [0, 0.05) is 29.8 Å². The van der Waals surface area contributed by atoms with Crippen LogP contribution in [-0.4, -0.2) is 30.8 Å². The lowest BCUT2D eigenvalue weighted by molar-refractivity contribution is 0.0950. The monoisotopic (exact) mass is 418 g/mol. The number of halogens is 1. The minimum absolute atomic E-state index is 0.0877. The number of nitrogens with zero attached hydrogens (tertiary/aromatic N) is 5. The summed E-state index contributed by atoms with van der Waals surface area (Å²) in [6.07, 6.45) is 5.28. The van der Waals surface area contributed by atoms with Gasteiger partial charge < -0.3 is 9.84 Å². The quantitative estimate of drug-likeness (QED) is 0.514. The van der Waals surface area contributed by atoms with Crippen molar-refractivity contribution in [3.8, 4) is 17.3 Å². The van der Waals surface area contributed by atoms with Crippen LogP contribution in [0.3, 0.4) is 0 Å². The Hall–Kier alpha value is -3.88. The number of amides is 1. The summed E-state index contributed by atoms with van der Waals surface area (Å²) in [7, 11) is 0. The topological polar surface area (TPSA) is 98.7 Å². The second-order valence-electron chi connectivity index (χ2n) is 7.46. The van der Waals surface area contributed by atoms with Crippen molar-refractivity contribution >= 4 is 5.91 Å². The van der Waals surface area contributed by atoms with Gasteiger partial charge in [-0.05, 0) is 38.0 Å². The van der Waals surface area contributed by atoms with Crippen molar-refractivity contribution in [3.63, 3.8) is 0 Å². The fourth-order valence-electron chi connectivity index (χ4n) is 3.30. The summed E-state index contributed by atoms with van der Waals surface area (Å²) in [6, 6.07) is 9.90. The van der Waals surface area contributed by atoms with Crippen LogP contribution in [0.25, 0.3) is 17.3 Å². The summed E-state index contributed by atoms with van der Waals surface area (Å²) in [6.45, 7) is 1.86. The highest BCUT2D eigenvalue weighted by molar-refractivity contribution is 5.95. The number of pyridine rings is 1. The molecular weight excluding hydrogens is 399 g/mol. The Morgan fingerprint density at radius 1 is 1.29 bits per heavy atom. The van der Waals surface area contributed by atoms with Crippen LogP contribution in [0.1, 0.15) is 46.2 Å². The number of hydrogen-bond donors (Lipinski definition) is 1.